The SMILES string of the molecule is COCc1cc(N2CCN(c3ccccc3F)CC2)nc(SCc2ccc(C(=O)NC(C)c3ccccc3)o2)n1. The van der Waals surface area contributed by atoms with Crippen molar-refractivity contribution in [3.05, 3.63) is 101 Å². The number of benzene rings is 2. The zero-order valence-corrected chi connectivity index (χ0v) is 23.4. The van der Waals surface area contributed by atoms with Crippen LogP contribution in [0.4, 0.5) is 15.9 Å². The van der Waals surface area contributed by atoms with Gasteiger partial charge in [0.05, 0.1) is 29.8 Å². The summed E-state index contributed by atoms with van der Waals surface area (Å²) in [4.78, 5) is 26.4. The molecule has 1 atom stereocenters. The Morgan fingerprint density at radius 2 is 1.75 bits per heavy atom. The fraction of sp³-hybridized carbons (Fsp3) is 0.300. The molecule has 0 spiro atoms. The van der Waals surface area contributed by atoms with E-state index in [0.29, 0.717) is 55.1 Å². The second kappa shape index (κ2) is 13.0. The zero-order chi connectivity index (χ0) is 27.9. The number of nitrogens with one attached hydrogen (secondary N) is 1. The Morgan fingerprint density at radius 1 is 1.02 bits per heavy atom. The number of thioether (sulfide) groups is 1. The molecule has 10 heteroatoms. The normalized spacial score (nSPS) is 14.3. The molecule has 2 aromatic carbocycles. The number of hydrogen-bond donors (Lipinski definition) is 1. The highest BCUT2D eigenvalue weighted by Gasteiger charge is 2.22. The van der Waals surface area contributed by atoms with E-state index in [0.717, 1.165) is 17.1 Å². The van der Waals surface area contributed by atoms with E-state index >= 15 is 0 Å². The highest BCUT2D eigenvalue weighted by Crippen LogP contribution is 2.26. The first kappa shape index (κ1) is 27.7. The van der Waals surface area contributed by atoms with E-state index in [9.17, 15) is 9.18 Å². The van der Waals surface area contributed by atoms with Gasteiger partial charge in [0.1, 0.15) is 17.4 Å². The number of carbonyl (C=O) groups is 1. The van der Waals surface area contributed by atoms with Crippen molar-refractivity contribution in [3.63, 3.8) is 0 Å². The first-order chi connectivity index (χ1) is 19.5. The van der Waals surface area contributed by atoms with Crippen molar-refractivity contribution in [2.75, 3.05) is 43.1 Å². The summed E-state index contributed by atoms with van der Waals surface area (Å²) in [6.07, 6.45) is 0. The lowest BCUT2D eigenvalue weighted by molar-refractivity contribution is 0.0910. The van der Waals surface area contributed by atoms with Crippen molar-refractivity contribution in [2.24, 2.45) is 0 Å². The van der Waals surface area contributed by atoms with Gasteiger partial charge in [0.15, 0.2) is 10.9 Å². The quantitative estimate of drug-likeness (QED) is 0.202. The summed E-state index contributed by atoms with van der Waals surface area (Å²) in [5.74, 6) is 1.74. The Kier molecular flexibility index (Phi) is 8.98. The molecule has 8 nitrogen and oxygen atoms in total. The number of carbonyl (C=O) groups excluding carboxylic acids is 1. The Morgan fingerprint density at radius 3 is 2.50 bits per heavy atom. The van der Waals surface area contributed by atoms with E-state index in [1.54, 1.807) is 25.3 Å². The highest BCUT2D eigenvalue weighted by molar-refractivity contribution is 7.98. The van der Waals surface area contributed by atoms with Crippen molar-refractivity contribution in [2.45, 2.75) is 30.5 Å². The van der Waals surface area contributed by atoms with Crippen LogP contribution in [0.3, 0.4) is 0 Å². The maximum Gasteiger partial charge on any atom is 0.287 e. The topological polar surface area (TPSA) is 83.7 Å². The first-order valence-corrected chi connectivity index (χ1v) is 14.2. The van der Waals surface area contributed by atoms with E-state index in [4.69, 9.17) is 14.1 Å². The van der Waals surface area contributed by atoms with Crippen LogP contribution >= 0.6 is 11.8 Å². The Hall–Kier alpha value is -3.89. The second-order valence-electron chi connectivity index (χ2n) is 9.52. The first-order valence-electron chi connectivity index (χ1n) is 13.2. The number of halogens is 1. The number of hydrogen-bond acceptors (Lipinski definition) is 8. The molecule has 1 unspecified atom stereocenters. The molecule has 208 valence electrons. The number of nitrogens with zero attached hydrogens (tertiary/aromatic N) is 4. The Balaban J connectivity index is 1.21. The number of furan rings is 1. The molecule has 0 saturated carbocycles. The number of rotatable bonds is 10. The van der Waals surface area contributed by atoms with Gasteiger partial charge in [0.25, 0.3) is 5.91 Å². The summed E-state index contributed by atoms with van der Waals surface area (Å²) >= 11 is 1.44. The summed E-state index contributed by atoms with van der Waals surface area (Å²) in [7, 11) is 1.63. The molecule has 1 fully saturated rings. The molecule has 0 radical (unpaired) electrons. The number of piperazine rings is 1. The summed E-state index contributed by atoms with van der Waals surface area (Å²) < 4.78 is 25.4. The second-order valence-corrected chi connectivity index (χ2v) is 10.5. The highest BCUT2D eigenvalue weighted by atomic mass is 32.2. The number of ether oxygens (including phenoxy) is 1. The molecular formula is C30H32FN5O3S. The van der Waals surface area contributed by atoms with Gasteiger partial charge in [0, 0.05) is 39.4 Å². The van der Waals surface area contributed by atoms with Crippen LogP contribution in [0.25, 0.3) is 0 Å². The molecule has 1 N–H and O–H groups in total. The minimum Gasteiger partial charge on any atom is -0.455 e. The van der Waals surface area contributed by atoms with Crippen molar-refractivity contribution in [3.8, 4) is 0 Å². The predicted molar refractivity (Wildman–Crippen MR) is 154 cm³/mol. The van der Waals surface area contributed by atoms with Crippen LogP contribution in [0.5, 0.6) is 0 Å². The molecule has 4 aromatic rings. The summed E-state index contributed by atoms with van der Waals surface area (Å²) in [6, 6.07) is 21.9. The Labute approximate surface area is 237 Å². The molecular weight excluding hydrogens is 529 g/mol. The van der Waals surface area contributed by atoms with Crippen molar-refractivity contribution in [1.29, 1.82) is 0 Å². The lowest BCUT2D eigenvalue weighted by Crippen LogP contribution is -2.47. The van der Waals surface area contributed by atoms with E-state index in [2.05, 4.69) is 20.1 Å². The van der Waals surface area contributed by atoms with Gasteiger partial charge in [-0.3, -0.25) is 4.79 Å². The number of aromatic nitrogens is 2. The maximum atomic E-state index is 14.3. The van der Waals surface area contributed by atoms with Crippen LogP contribution in [0.1, 0.15) is 40.5 Å². The molecule has 1 aliphatic heterocycles. The van der Waals surface area contributed by atoms with Gasteiger partial charge in [-0.2, -0.15) is 0 Å². The van der Waals surface area contributed by atoms with Crippen molar-refractivity contribution in [1.82, 2.24) is 15.3 Å². The third-order valence-electron chi connectivity index (χ3n) is 6.71. The van der Waals surface area contributed by atoms with E-state index in [1.165, 1.54) is 17.8 Å². The number of amides is 1. The smallest absolute Gasteiger partial charge is 0.287 e. The van der Waals surface area contributed by atoms with E-state index < -0.39 is 0 Å². The van der Waals surface area contributed by atoms with Gasteiger partial charge in [-0.1, -0.05) is 54.2 Å². The summed E-state index contributed by atoms with van der Waals surface area (Å²) in [5, 5.41) is 3.57. The van der Waals surface area contributed by atoms with Gasteiger partial charge in [-0.05, 0) is 36.8 Å². The summed E-state index contributed by atoms with van der Waals surface area (Å²) in [6.45, 7) is 5.10. The lowest BCUT2D eigenvalue weighted by atomic mass is 10.1. The van der Waals surface area contributed by atoms with Crippen molar-refractivity contribution < 1.29 is 18.3 Å². The fourth-order valence-electron chi connectivity index (χ4n) is 4.60. The van der Waals surface area contributed by atoms with Crippen LogP contribution in [0.15, 0.2) is 82.4 Å². The van der Waals surface area contributed by atoms with Gasteiger partial charge in [0.2, 0.25) is 0 Å². The zero-order valence-electron chi connectivity index (χ0n) is 22.5. The molecule has 0 aliphatic carbocycles. The van der Waals surface area contributed by atoms with Crippen molar-refractivity contribution >= 4 is 29.2 Å². The molecule has 3 heterocycles. The number of anilines is 2. The predicted octanol–water partition coefficient (Wildman–Crippen LogP) is 5.47. The van der Waals surface area contributed by atoms with Gasteiger partial charge < -0.3 is 24.3 Å². The third-order valence-corrected chi connectivity index (χ3v) is 7.58. The fourth-order valence-corrected chi connectivity index (χ4v) is 5.36. The molecule has 1 saturated heterocycles. The minimum atomic E-state index is -0.261. The van der Waals surface area contributed by atoms with E-state index in [1.807, 2.05) is 55.5 Å². The molecule has 40 heavy (non-hydrogen) atoms. The van der Waals surface area contributed by atoms with Crippen LogP contribution in [-0.4, -0.2) is 49.2 Å². The average molecular weight is 562 g/mol. The molecule has 0 bridgehead atoms. The minimum absolute atomic E-state index is 0.138. The largest absolute Gasteiger partial charge is 0.455 e. The van der Waals surface area contributed by atoms with Crippen LogP contribution in [-0.2, 0) is 17.1 Å². The van der Waals surface area contributed by atoms with Crippen LogP contribution in [0, 0.1) is 5.82 Å². The summed E-state index contributed by atoms with van der Waals surface area (Å²) in [5.41, 5.74) is 2.43. The van der Waals surface area contributed by atoms with Gasteiger partial charge in [-0.25, -0.2) is 14.4 Å². The van der Waals surface area contributed by atoms with Crippen LogP contribution in [0.2, 0.25) is 0 Å². The van der Waals surface area contributed by atoms with Crippen LogP contribution < -0.4 is 15.1 Å². The Bertz CT molecular complexity index is 1430. The molecule has 1 amide bonds. The molecule has 5 rings (SSSR count). The molecule has 2 aromatic heterocycles. The number of para-hydroxylation sites is 1. The van der Waals surface area contributed by atoms with Gasteiger partial charge >= 0.3 is 0 Å². The van der Waals surface area contributed by atoms with E-state index in [-0.39, 0.29) is 23.5 Å². The monoisotopic (exact) mass is 561 g/mol. The number of methoxy groups -OCH3 is 1. The molecule has 1 aliphatic rings. The standard InChI is InChI=1S/C30H32FN5O3S/c1-21(22-8-4-3-5-9-22)32-29(37)27-13-12-24(39-27)20-40-30-33-23(19-38-2)18-28(34-30)36-16-14-35(15-17-36)26-11-7-6-10-25(26)31/h3-13,18,21H,14-17,19-20H2,1-2H3,(H,32,37). The third kappa shape index (κ3) is 6.81. The maximum absolute atomic E-state index is 14.3. The lowest BCUT2D eigenvalue weighted by Gasteiger charge is -2.37. The average Bonchev–Trinajstić information content (AvgIpc) is 3.46. The van der Waals surface area contributed by atoms with Gasteiger partial charge in [-0.15, -0.1) is 0 Å².